The molecule has 3 aromatic heterocycles. The first kappa shape index (κ1) is 19.3. The molecule has 0 saturated carbocycles. The van der Waals surface area contributed by atoms with Crippen molar-refractivity contribution in [3.05, 3.63) is 41.3 Å². The number of carbonyl (C=O) groups excluding carboxylic acids is 1. The Hall–Kier alpha value is -3.01. The van der Waals surface area contributed by atoms with Crippen molar-refractivity contribution in [2.45, 2.75) is 38.3 Å². The number of aryl methyl sites for hydroxylation is 1. The highest BCUT2D eigenvalue weighted by Gasteiger charge is 2.44. The molecule has 1 N–H and O–H groups in total. The summed E-state index contributed by atoms with van der Waals surface area (Å²) in [5.74, 6) is 1.10. The highest BCUT2D eigenvalue weighted by Crippen LogP contribution is 2.34. The van der Waals surface area contributed by atoms with Gasteiger partial charge in [0.2, 0.25) is 5.91 Å². The maximum absolute atomic E-state index is 12.9. The molecule has 0 bridgehead atoms. The molecule has 5 heterocycles. The Balaban J connectivity index is 0.000000645. The number of nitrogens with zero attached hydrogens (tertiary/aromatic N) is 6. The lowest BCUT2D eigenvalue weighted by Crippen LogP contribution is -2.40. The second-order valence-electron chi connectivity index (χ2n) is 7.13. The van der Waals surface area contributed by atoms with Crippen molar-refractivity contribution in [3.63, 3.8) is 0 Å². The fraction of sp³-hybridized carbons (Fsp3) is 0.421. The van der Waals surface area contributed by atoms with Crippen LogP contribution >= 0.6 is 11.3 Å². The van der Waals surface area contributed by atoms with Gasteiger partial charge >= 0.3 is 0 Å². The molecule has 0 spiro atoms. The van der Waals surface area contributed by atoms with Crippen LogP contribution in [0.25, 0.3) is 4.96 Å². The summed E-state index contributed by atoms with van der Waals surface area (Å²) in [6.07, 6.45) is 6.29. The van der Waals surface area contributed by atoms with Crippen LogP contribution in [0.2, 0.25) is 0 Å². The van der Waals surface area contributed by atoms with Crippen LogP contribution in [-0.2, 0) is 16.0 Å². The molecule has 2 saturated heterocycles. The number of thiazole rings is 1. The molecule has 0 radical (unpaired) electrons. The van der Waals surface area contributed by atoms with Crippen molar-refractivity contribution in [3.8, 4) is 0 Å². The predicted molar refractivity (Wildman–Crippen MR) is 108 cm³/mol. The van der Waals surface area contributed by atoms with Gasteiger partial charge in [0.05, 0.1) is 29.9 Å². The molecule has 152 valence electrons. The van der Waals surface area contributed by atoms with Crippen molar-refractivity contribution < 1.29 is 14.7 Å². The fourth-order valence-electron chi connectivity index (χ4n) is 4.24. The minimum absolute atomic E-state index is 0.181. The maximum atomic E-state index is 12.9. The van der Waals surface area contributed by atoms with E-state index in [0.29, 0.717) is 12.5 Å². The quantitative estimate of drug-likeness (QED) is 0.650. The van der Waals surface area contributed by atoms with Crippen LogP contribution in [0.3, 0.4) is 0 Å². The van der Waals surface area contributed by atoms with E-state index in [9.17, 15) is 4.79 Å². The van der Waals surface area contributed by atoms with Crippen LogP contribution in [0.15, 0.2) is 29.9 Å². The van der Waals surface area contributed by atoms with Crippen molar-refractivity contribution in [2.75, 3.05) is 18.0 Å². The number of fused-ring (bicyclic) bond motifs is 2. The molecule has 2 aliphatic heterocycles. The molecule has 2 atom stereocenters. The molecule has 2 fully saturated rings. The fourth-order valence-corrected chi connectivity index (χ4v) is 4.96. The van der Waals surface area contributed by atoms with Crippen molar-refractivity contribution in [1.82, 2.24) is 24.5 Å². The third-order valence-corrected chi connectivity index (χ3v) is 6.22. The Morgan fingerprint density at radius 3 is 2.79 bits per heavy atom. The average Bonchev–Trinajstić information content (AvgIpc) is 3.43. The Bertz CT molecular complexity index is 972. The smallest absolute Gasteiger partial charge is 0.290 e. The SMILES string of the molecule is Cc1ccc(N2CC[C@H]3[C@@H]2CCN3C(=O)Cc2cn3ccsc3n2)nn1.O=CO. The number of carbonyl (C=O) groups is 2. The summed E-state index contributed by atoms with van der Waals surface area (Å²) in [6, 6.07) is 4.65. The van der Waals surface area contributed by atoms with Crippen LogP contribution < -0.4 is 4.90 Å². The molecule has 5 rings (SSSR count). The van der Waals surface area contributed by atoms with E-state index in [1.165, 1.54) is 0 Å². The molecule has 0 aliphatic carbocycles. The molecule has 29 heavy (non-hydrogen) atoms. The minimum Gasteiger partial charge on any atom is -0.483 e. The zero-order chi connectivity index (χ0) is 20.4. The van der Waals surface area contributed by atoms with E-state index in [-0.39, 0.29) is 18.4 Å². The summed E-state index contributed by atoms with van der Waals surface area (Å²) in [4.78, 5) is 31.1. The number of likely N-dealkylation sites (tertiary alicyclic amines) is 1. The van der Waals surface area contributed by atoms with Crippen LogP contribution in [0.1, 0.15) is 24.2 Å². The molecule has 10 heteroatoms. The topological polar surface area (TPSA) is 104 Å². The lowest BCUT2D eigenvalue weighted by molar-refractivity contribution is -0.131. The second-order valence-corrected chi connectivity index (χ2v) is 8.01. The molecule has 9 nitrogen and oxygen atoms in total. The highest BCUT2D eigenvalue weighted by atomic mass is 32.1. The van der Waals surface area contributed by atoms with E-state index in [4.69, 9.17) is 9.90 Å². The van der Waals surface area contributed by atoms with Crippen LogP contribution in [-0.4, -0.2) is 67.1 Å². The van der Waals surface area contributed by atoms with Gasteiger partial charge in [-0.05, 0) is 31.9 Å². The van der Waals surface area contributed by atoms with E-state index in [0.717, 1.165) is 48.1 Å². The van der Waals surface area contributed by atoms with Crippen LogP contribution in [0.5, 0.6) is 0 Å². The molecule has 0 unspecified atom stereocenters. The Morgan fingerprint density at radius 1 is 1.28 bits per heavy atom. The highest BCUT2D eigenvalue weighted by molar-refractivity contribution is 7.15. The average molecular weight is 414 g/mol. The van der Waals surface area contributed by atoms with Gasteiger partial charge in [0, 0.05) is 30.9 Å². The third kappa shape index (κ3) is 3.80. The maximum Gasteiger partial charge on any atom is 0.290 e. The van der Waals surface area contributed by atoms with Crippen LogP contribution in [0.4, 0.5) is 5.82 Å². The van der Waals surface area contributed by atoms with E-state index in [1.54, 1.807) is 11.3 Å². The summed E-state index contributed by atoms with van der Waals surface area (Å²) < 4.78 is 1.98. The number of rotatable bonds is 3. The second kappa shape index (κ2) is 8.16. The number of amides is 1. The van der Waals surface area contributed by atoms with Crippen molar-refractivity contribution in [2.24, 2.45) is 0 Å². The molecule has 1 amide bonds. The summed E-state index contributed by atoms with van der Waals surface area (Å²) in [7, 11) is 0. The Kier molecular flexibility index (Phi) is 5.43. The first-order valence-electron chi connectivity index (χ1n) is 9.46. The van der Waals surface area contributed by atoms with E-state index >= 15 is 0 Å². The van der Waals surface area contributed by atoms with Gasteiger partial charge in [-0.3, -0.25) is 14.0 Å². The van der Waals surface area contributed by atoms with Gasteiger partial charge < -0.3 is 14.9 Å². The van der Waals surface area contributed by atoms with Crippen molar-refractivity contribution in [1.29, 1.82) is 0 Å². The molecule has 2 aliphatic rings. The summed E-state index contributed by atoms with van der Waals surface area (Å²) >= 11 is 1.59. The van der Waals surface area contributed by atoms with Gasteiger partial charge in [-0.1, -0.05) is 0 Å². The molecular formula is C19H22N6O3S. The first-order chi connectivity index (χ1) is 14.1. The summed E-state index contributed by atoms with van der Waals surface area (Å²) in [6.45, 7) is 3.43. The van der Waals surface area contributed by atoms with Gasteiger partial charge in [-0.15, -0.1) is 16.4 Å². The molecule has 3 aromatic rings. The lowest BCUT2D eigenvalue weighted by Gasteiger charge is -2.26. The number of anilines is 1. The zero-order valence-electron chi connectivity index (χ0n) is 16.0. The van der Waals surface area contributed by atoms with Gasteiger partial charge in [0.15, 0.2) is 10.8 Å². The summed E-state index contributed by atoms with van der Waals surface area (Å²) in [5.41, 5.74) is 1.78. The Morgan fingerprint density at radius 2 is 2.07 bits per heavy atom. The number of carboxylic acid groups (broad SMARTS) is 1. The summed E-state index contributed by atoms with van der Waals surface area (Å²) in [5, 5.41) is 17.4. The van der Waals surface area contributed by atoms with Gasteiger partial charge in [-0.25, -0.2) is 4.98 Å². The number of imidazole rings is 1. The van der Waals surface area contributed by atoms with E-state index in [1.807, 2.05) is 41.2 Å². The monoisotopic (exact) mass is 414 g/mol. The van der Waals surface area contributed by atoms with E-state index < -0.39 is 0 Å². The van der Waals surface area contributed by atoms with Gasteiger partial charge in [-0.2, -0.15) is 5.10 Å². The molecular weight excluding hydrogens is 392 g/mol. The van der Waals surface area contributed by atoms with Gasteiger partial charge in [0.25, 0.3) is 6.47 Å². The number of aromatic nitrogens is 4. The predicted octanol–water partition coefficient (Wildman–Crippen LogP) is 1.62. The lowest BCUT2D eigenvalue weighted by atomic mass is 10.1. The Labute approximate surface area is 171 Å². The number of hydrogen-bond donors (Lipinski definition) is 1. The van der Waals surface area contributed by atoms with Crippen molar-refractivity contribution >= 4 is 34.5 Å². The first-order valence-corrected chi connectivity index (χ1v) is 10.3. The minimum atomic E-state index is -0.250. The zero-order valence-corrected chi connectivity index (χ0v) is 16.8. The number of hydrogen-bond acceptors (Lipinski definition) is 7. The third-order valence-electron chi connectivity index (χ3n) is 5.45. The van der Waals surface area contributed by atoms with Crippen LogP contribution in [0, 0.1) is 6.92 Å². The normalized spacial score (nSPS) is 20.4. The largest absolute Gasteiger partial charge is 0.483 e. The van der Waals surface area contributed by atoms with E-state index in [2.05, 4.69) is 25.0 Å². The van der Waals surface area contributed by atoms with Gasteiger partial charge in [0.1, 0.15) is 0 Å². The standard InChI is InChI=1S/C18H20N6OS.CH2O2/c1-12-2-3-16(21-20-12)23-6-4-15-14(23)5-7-24(15)17(25)10-13-11-22-8-9-26-18(22)19-13;2-1-3/h2-3,8-9,11,14-15H,4-7,10H2,1H3;1H,(H,2,3)/t14-,15-;/m0./s1. The molecule has 0 aromatic carbocycles.